The smallest absolute Gasteiger partial charge is 0.232 e. The minimum Gasteiger partial charge on any atom is -0.491 e. The van der Waals surface area contributed by atoms with E-state index in [-0.39, 0.29) is 17.9 Å². The average Bonchev–Trinajstić information content (AvgIpc) is 3.24. The van der Waals surface area contributed by atoms with E-state index < -0.39 is 10.0 Å². The van der Waals surface area contributed by atoms with Gasteiger partial charge in [-0.3, -0.25) is 9.71 Å². The third kappa shape index (κ3) is 5.59. The Labute approximate surface area is 180 Å². The molecule has 0 saturated carbocycles. The van der Waals surface area contributed by atoms with Crippen LogP contribution >= 0.6 is 0 Å². The van der Waals surface area contributed by atoms with E-state index >= 15 is 0 Å². The lowest BCUT2D eigenvalue weighted by Gasteiger charge is -2.34. The van der Waals surface area contributed by atoms with Gasteiger partial charge in [0.15, 0.2) is 5.75 Å². The van der Waals surface area contributed by atoms with E-state index in [9.17, 15) is 8.42 Å². The van der Waals surface area contributed by atoms with Crippen LogP contribution in [-0.4, -0.2) is 51.2 Å². The molecule has 0 aliphatic carbocycles. The maximum absolute atomic E-state index is 12.8. The van der Waals surface area contributed by atoms with E-state index in [0.717, 1.165) is 50.8 Å². The summed E-state index contributed by atoms with van der Waals surface area (Å²) in [5, 5.41) is 0. The first kappa shape index (κ1) is 22.7. The zero-order valence-corrected chi connectivity index (χ0v) is 19.2. The highest BCUT2D eigenvalue weighted by Crippen LogP contribution is 2.46. The summed E-state index contributed by atoms with van der Waals surface area (Å²) in [5.74, 6) is 1.22. The Kier molecular flexibility index (Phi) is 7.86. The molecule has 2 heterocycles. The Morgan fingerprint density at radius 1 is 1.30 bits per heavy atom. The molecule has 2 atom stereocenters. The molecule has 2 unspecified atom stereocenters. The summed E-state index contributed by atoms with van der Waals surface area (Å²) in [5.41, 5.74) is 1.42. The van der Waals surface area contributed by atoms with Crippen LogP contribution in [0.3, 0.4) is 0 Å². The molecule has 0 fully saturated rings. The second kappa shape index (κ2) is 10.4. The number of fused-ring (bicyclic) bond motifs is 1. The van der Waals surface area contributed by atoms with Gasteiger partial charge in [-0.25, -0.2) is 8.42 Å². The number of nitrogens with zero attached hydrogens (tertiary/aromatic N) is 2. The molecular formula is C22H35N3O4S. The summed E-state index contributed by atoms with van der Waals surface area (Å²) < 4.78 is 40.6. The molecule has 0 aromatic heterocycles. The normalized spacial score (nSPS) is 19.3. The van der Waals surface area contributed by atoms with Gasteiger partial charge in [0.2, 0.25) is 10.0 Å². The summed E-state index contributed by atoms with van der Waals surface area (Å²) >= 11 is 0. The Morgan fingerprint density at radius 3 is 2.83 bits per heavy atom. The van der Waals surface area contributed by atoms with Crippen molar-refractivity contribution in [2.24, 2.45) is 4.99 Å². The van der Waals surface area contributed by atoms with Crippen molar-refractivity contribution in [2.75, 3.05) is 30.2 Å². The van der Waals surface area contributed by atoms with Gasteiger partial charge in [0.25, 0.3) is 0 Å². The summed E-state index contributed by atoms with van der Waals surface area (Å²) in [7, 11) is -3.50. The van der Waals surface area contributed by atoms with Crippen LogP contribution in [0.5, 0.6) is 11.5 Å². The molecular weight excluding hydrogens is 402 g/mol. The predicted molar refractivity (Wildman–Crippen MR) is 121 cm³/mol. The molecule has 1 aromatic rings. The molecule has 0 saturated heterocycles. The van der Waals surface area contributed by atoms with Gasteiger partial charge in [-0.2, -0.15) is 0 Å². The van der Waals surface area contributed by atoms with Gasteiger partial charge in [0.1, 0.15) is 11.4 Å². The highest BCUT2D eigenvalue weighted by atomic mass is 32.2. The van der Waals surface area contributed by atoms with Crippen LogP contribution in [0.2, 0.25) is 0 Å². The Morgan fingerprint density at radius 2 is 2.13 bits per heavy atom. The Bertz CT molecular complexity index is 841. The van der Waals surface area contributed by atoms with E-state index in [1.807, 2.05) is 25.4 Å². The fourth-order valence-electron chi connectivity index (χ4n) is 4.03. The van der Waals surface area contributed by atoms with Gasteiger partial charge in [0, 0.05) is 18.5 Å². The number of nitrogens with one attached hydrogen (secondary N) is 1. The number of rotatable bonds is 11. The fourth-order valence-corrected chi connectivity index (χ4v) is 5.22. The molecule has 1 N–H and O–H groups in total. The zero-order valence-electron chi connectivity index (χ0n) is 18.4. The molecule has 30 heavy (non-hydrogen) atoms. The van der Waals surface area contributed by atoms with E-state index in [0.29, 0.717) is 30.2 Å². The highest BCUT2D eigenvalue weighted by Gasteiger charge is 2.31. The molecule has 2 aliphatic heterocycles. The first-order chi connectivity index (χ1) is 14.4. The second-order valence-corrected chi connectivity index (χ2v) is 9.96. The van der Waals surface area contributed by atoms with Crippen molar-refractivity contribution < 1.29 is 17.9 Å². The summed E-state index contributed by atoms with van der Waals surface area (Å²) in [6.45, 7) is 8.36. The minimum absolute atomic E-state index is 0.0125. The number of unbranched alkanes of at least 4 members (excludes halogenated alkanes) is 2. The van der Waals surface area contributed by atoms with E-state index in [1.54, 1.807) is 0 Å². The fraction of sp³-hybridized carbons (Fsp3) is 0.682. The quantitative estimate of drug-likeness (QED) is 0.521. The summed E-state index contributed by atoms with van der Waals surface area (Å²) in [6, 6.07) is 4.02. The van der Waals surface area contributed by atoms with Crippen molar-refractivity contribution >= 4 is 22.0 Å². The molecule has 0 amide bonds. The van der Waals surface area contributed by atoms with Crippen LogP contribution in [0.25, 0.3) is 0 Å². The third-order valence-electron chi connectivity index (χ3n) is 5.56. The number of ether oxygens (including phenoxy) is 2. The topological polar surface area (TPSA) is 80.2 Å². The van der Waals surface area contributed by atoms with Crippen molar-refractivity contribution in [1.29, 1.82) is 0 Å². The van der Waals surface area contributed by atoms with Crippen LogP contribution < -0.4 is 14.2 Å². The number of hydrogen-bond acceptors (Lipinski definition) is 6. The highest BCUT2D eigenvalue weighted by molar-refractivity contribution is 7.92. The summed E-state index contributed by atoms with van der Waals surface area (Å²) in [6.07, 6.45) is 7.11. The number of sulfonamides is 1. The van der Waals surface area contributed by atoms with Gasteiger partial charge < -0.3 is 14.4 Å². The maximum Gasteiger partial charge on any atom is 0.232 e. The first-order valence-corrected chi connectivity index (χ1v) is 12.8. The number of benzene rings is 1. The number of anilines is 1. The molecule has 8 heteroatoms. The maximum atomic E-state index is 12.8. The van der Waals surface area contributed by atoms with Gasteiger partial charge >= 0.3 is 0 Å². The molecule has 0 spiro atoms. The van der Waals surface area contributed by atoms with Crippen molar-refractivity contribution in [1.82, 2.24) is 4.90 Å². The zero-order chi connectivity index (χ0) is 21.6. The van der Waals surface area contributed by atoms with Crippen molar-refractivity contribution in [3.05, 3.63) is 17.7 Å². The number of aliphatic imine (C=N–C) groups is 1. The number of hydrogen-bond donors (Lipinski definition) is 1. The lowest BCUT2D eigenvalue weighted by atomic mass is 9.98. The van der Waals surface area contributed by atoms with Gasteiger partial charge in [0.05, 0.1) is 37.4 Å². The monoisotopic (exact) mass is 437 g/mol. The van der Waals surface area contributed by atoms with Gasteiger partial charge in [-0.05, 0) is 31.9 Å². The van der Waals surface area contributed by atoms with Crippen molar-refractivity contribution in [3.63, 3.8) is 0 Å². The minimum atomic E-state index is -3.50. The second-order valence-electron chi connectivity index (χ2n) is 8.11. The molecule has 2 aliphatic rings. The van der Waals surface area contributed by atoms with E-state index in [4.69, 9.17) is 9.47 Å². The standard InChI is InChI=1S/C22H35N3O4S/c1-4-6-7-15-30(26,27)24-21-20(29-17(3)8-5-2)10-9-18-19(11-14-28-22(18)21)25-13-12-23-16-25/h9-10,16-17,19,24H,4-8,11-15H2,1-3H3. The Hall–Kier alpha value is -1.96. The van der Waals surface area contributed by atoms with Gasteiger partial charge in [-0.15, -0.1) is 0 Å². The first-order valence-electron chi connectivity index (χ1n) is 11.2. The predicted octanol–water partition coefficient (Wildman–Crippen LogP) is 4.35. The van der Waals surface area contributed by atoms with Crippen LogP contribution in [0.15, 0.2) is 17.1 Å². The molecule has 0 radical (unpaired) electrons. The largest absolute Gasteiger partial charge is 0.491 e. The SMILES string of the molecule is CCCCCS(=O)(=O)Nc1c(OC(C)CCC)ccc2c1OCCC2N1C=NCC1. The third-order valence-corrected chi connectivity index (χ3v) is 6.90. The Balaban J connectivity index is 1.95. The van der Waals surface area contributed by atoms with Crippen molar-refractivity contribution in [3.8, 4) is 11.5 Å². The lowest BCUT2D eigenvalue weighted by Crippen LogP contribution is -2.31. The summed E-state index contributed by atoms with van der Waals surface area (Å²) in [4.78, 5) is 6.55. The molecule has 168 valence electrons. The lowest BCUT2D eigenvalue weighted by molar-refractivity contribution is 0.199. The van der Waals surface area contributed by atoms with E-state index in [1.165, 1.54) is 0 Å². The van der Waals surface area contributed by atoms with Crippen LogP contribution in [0.1, 0.15) is 70.9 Å². The average molecular weight is 438 g/mol. The van der Waals surface area contributed by atoms with Crippen LogP contribution in [0, 0.1) is 0 Å². The van der Waals surface area contributed by atoms with Crippen LogP contribution in [-0.2, 0) is 10.0 Å². The van der Waals surface area contributed by atoms with Crippen molar-refractivity contribution in [2.45, 2.75) is 71.4 Å². The molecule has 3 rings (SSSR count). The molecule has 7 nitrogen and oxygen atoms in total. The molecule has 0 bridgehead atoms. The van der Waals surface area contributed by atoms with Gasteiger partial charge in [-0.1, -0.05) is 33.1 Å². The molecule has 1 aromatic carbocycles. The van der Waals surface area contributed by atoms with E-state index in [2.05, 4.69) is 28.5 Å². The van der Waals surface area contributed by atoms with Crippen LogP contribution in [0.4, 0.5) is 5.69 Å².